The topological polar surface area (TPSA) is 26.3 Å². The molecule has 2 aromatic rings. The van der Waals surface area contributed by atoms with Gasteiger partial charge < -0.3 is 4.74 Å². The predicted octanol–water partition coefficient (Wildman–Crippen LogP) is 5.65. The van der Waals surface area contributed by atoms with E-state index in [0.717, 1.165) is 24.0 Å². The Balaban J connectivity index is 1.80. The van der Waals surface area contributed by atoms with Crippen molar-refractivity contribution in [1.82, 2.24) is 0 Å². The number of aryl methyl sites for hydroxylation is 1. The SMILES string of the molecule is CC1(C)CCc2cc(C(=O)Cc3ccc(C(C)(C)C)cc3)c([18F])cc2O1. The first-order valence-corrected chi connectivity index (χ1v) is 9.19. The third-order valence-corrected chi connectivity index (χ3v) is 5.02. The van der Waals surface area contributed by atoms with Crippen LogP contribution >= 0.6 is 0 Å². The van der Waals surface area contributed by atoms with Crippen LogP contribution in [-0.4, -0.2) is 11.4 Å². The molecule has 0 fully saturated rings. The Morgan fingerprint density at radius 3 is 2.42 bits per heavy atom. The zero-order valence-corrected chi connectivity index (χ0v) is 16.3. The minimum absolute atomic E-state index is 0.0704. The van der Waals surface area contributed by atoms with Crippen LogP contribution in [0.25, 0.3) is 0 Å². The van der Waals surface area contributed by atoms with Crippen molar-refractivity contribution in [1.29, 1.82) is 0 Å². The maximum absolute atomic E-state index is 14.5. The Kier molecular flexibility index (Phi) is 4.68. The molecule has 0 bridgehead atoms. The fourth-order valence-corrected chi connectivity index (χ4v) is 3.29. The van der Waals surface area contributed by atoms with E-state index in [2.05, 4.69) is 20.8 Å². The van der Waals surface area contributed by atoms with Crippen LogP contribution in [0.2, 0.25) is 0 Å². The fourth-order valence-electron chi connectivity index (χ4n) is 3.29. The van der Waals surface area contributed by atoms with Crippen molar-refractivity contribution in [2.45, 2.75) is 64.9 Å². The molecule has 0 aromatic heterocycles. The van der Waals surface area contributed by atoms with E-state index in [0.29, 0.717) is 5.75 Å². The highest BCUT2D eigenvalue weighted by Crippen LogP contribution is 2.35. The molecule has 0 saturated heterocycles. The number of benzene rings is 2. The number of rotatable bonds is 3. The summed E-state index contributed by atoms with van der Waals surface area (Å²) >= 11 is 0. The summed E-state index contributed by atoms with van der Waals surface area (Å²) in [5.41, 5.74) is 2.97. The van der Waals surface area contributed by atoms with Gasteiger partial charge in [0.2, 0.25) is 0 Å². The molecule has 2 aromatic carbocycles. The Labute approximate surface area is 155 Å². The average Bonchev–Trinajstić information content (AvgIpc) is 2.53. The lowest BCUT2D eigenvalue weighted by atomic mass is 9.86. The molecule has 0 amide bonds. The molecule has 1 heterocycles. The maximum atomic E-state index is 14.5. The molecule has 2 nitrogen and oxygen atoms in total. The first-order valence-electron chi connectivity index (χ1n) is 9.19. The van der Waals surface area contributed by atoms with Gasteiger partial charge in [-0.15, -0.1) is 0 Å². The lowest BCUT2D eigenvalue weighted by molar-refractivity contribution is 0.0840. The monoisotopic (exact) mass is 353 g/mol. The third kappa shape index (κ3) is 3.98. The Morgan fingerprint density at radius 1 is 1.15 bits per heavy atom. The summed E-state index contributed by atoms with van der Waals surface area (Å²) in [5.74, 6) is -0.138. The van der Waals surface area contributed by atoms with Gasteiger partial charge in [0, 0.05) is 12.5 Å². The molecule has 0 aliphatic carbocycles. The minimum atomic E-state index is -0.502. The second kappa shape index (κ2) is 6.53. The second-order valence-corrected chi connectivity index (χ2v) is 8.85. The van der Waals surface area contributed by atoms with Crippen molar-refractivity contribution >= 4 is 5.78 Å². The van der Waals surface area contributed by atoms with E-state index in [1.807, 2.05) is 38.1 Å². The van der Waals surface area contributed by atoms with E-state index in [4.69, 9.17) is 4.74 Å². The molecule has 0 unspecified atom stereocenters. The number of ether oxygens (including phenoxy) is 1. The molecule has 138 valence electrons. The number of halogens is 1. The summed E-state index contributed by atoms with van der Waals surface area (Å²) in [6.45, 7) is 10.4. The number of carbonyl (C=O) groups excluding carboxylic acids is 1. The van der Waals surface area contributed by atoms with Crippen LogP contribution in [0.3, 0.4) is 0 Å². The Morgan fingerprint density at radius 2 is 1.81 bits per heavy atom. The number of carbonyl (C=O) groups is 1. The van der Waals surface area contributed by atoms with E-state index in [9.17, 15) is 9.18 Å². The summed E-state index contributed by atoms with van der Waals surface area (Å²) in [6, 6.07) is 11.0. The quantitative estimate of drug-likeness (QED) is 0.666. The van der Waals surface area contributed by atoms with Gasteiger partial charge in [0.25, 0.3) is 0 Å². The van der Waals surface area contributed by atoms with Crippen LogP contribution in [0.5, 0.6) is 5.75 Å². The van der Waals surface area contributed by atoms with Gasteiger partial charge in [0.1, 0.15) is 17.2 Å². The van der Waals surface area contributed by atoms with E-state index < -0.39 is 5.82 Å². The maximum Gasteiger partial charge on any atom is 0.170 e. The molecular weight excluding hydrogens is 326 g/mol. The summed E-state index contributed by atoms with van der Waals surface area (Å²) < 4.78 is 20.3. The number of Topliss-reactive ketones (excluding diaryl/α,β-unsaturated/α-hetero) is 1. The first kappa shape index (κ1) is 18.6. The van der Waals surface area contributed by atoms with Crippen LogP contribution in [0.1, 0.15) is 68.1 Å². The zero-order valence-electron chi connectivity index (χ0n) is 16.3. The van der Waals surface area contributed by atoms with Gasteiger partial charge in [-0.25, -0.2) is 4.39 Å². The molecule has 3 heteroatoms. The van der Waals surface area contributed by atoms with Crippen LogP contribution in [0.4, 0.5) is 4.39 Å². The average molecular weight is 353 g/mol. The largest absolute Gasteiger partial charge is 0.487 e. The highest BCUT2D eigenvalue weighted by molar-refractivity contribution is 5.98. The van der Waals surface area contributed by atoms with Gasteiger partial charge in [0.05, 0.1) is 5.56 Å². The lowest BCUT2D eigenvalue weighted by Gasteiger charge is -2.32. The summed E-state index contributed by atoms with van der Waals surface area (Å²) in [4.78, 5) is 12.6. The highest BCUT2D eigenvalue weighted by Gasteiger charge is 2.28. The smallest absolute Gasteiger partial charge is 0.170 e. The van der Waals surface area contributed by atoms with E-state index in [1.165, 1.54) is 11.6 Å². The molecule has 1 aliphatic rings. The van der Waals surface area contributed by atoms with Crippen molar-refractivity contribution in [3.05, 3.63) is 64.5 Å². The molecular formula is C23H27FO2. The van der Waals surface area contributed by atoms with Gasteiger partial charge in [-0.2, -0.15) is 0 Å². The number of hydrogen-bond donors (Lipinski definition) is 0. The minimum Gasteiger partial charge on any atom is -0.487 e. The van der Waals surface area contributed by atoms with Gasteiger partial charge in [-0.3, -0.25) is 4.79 Å². The summed E-state index contributed by atoms with van der Waals surface area (Å²) in [7, 11) is 0. The van der Waals surface area contributed by atoms with Crippen LogP contribution in [0, 0.1) is 5.82 Å². The summed E-state index contributed by atoms with van der Waals surface area (Å²) in [5, 5.41) is 0. The normalized spacial score (nSPS) is 15.9. The second-order valence-electron chi connectivity index (χ2n) is 8.85. The molecule has 0 atom stereocenters. The van der Waals surface area contributed by atoms with Gasteiger partial charge in [-0.05, 0) is 54.9 Å². The zero-order chi connectivity index (χ0) is 19.1. The molecule has 0 saturated carbocycles. The van der Waals surface area contributed by atoms with Crippen molar-refractivity contribution < 1.29 is 13.9 Å². The molecule has 0 N–H and O–H groups in total. The first-order chi connectivity index (χ1) is 12.0. The van der Waals surface area contributed by atoms with E-state index in [-0.39, 0.29) is 28.8 Å². The molecule has 1 aliphatic heterocycles. The van der Waals surface area contributed by atoms with E-state index in [1.54, 1.807) is 6.07 Å². The molecule has 3 rings (SSSR count). The van der Waals surface area contributed by atoms with Crippen LogP contribution in [0.15, 0.2) is 36.4 Å². The molecule has 0 spiro atoms. The number of fused-ring (bicyclic) bond motifs is 1. The van der Waals surface area contributed by atoms with Gasteiger partial charge in [-0.1, -0.05) is 45.0 Å². The van der Waals surface area contributed by atoms with Crippen molar-refractivity contribution in [2.75, 3.05) is 0 Å². The number of hydrogen-bond acceptors (Lipinski definition) is 2. The van der Waals surface area contributed by atoms with Gasteiger partial charge >= 0.3 is 0 Å². The lowest BCUT2D eigenvalue weighted by Crippen LogP contribution is -2.32. The van der Waals surface area contributed by atoms with Crippen molar-refractivity contribution in [3.8, 4) is 5.75 Å². The molecule has 26 heavy (non-hydrogen) atoms. The van der Waals surface area contributed by atoms with Crippen LogP contribution < -0.4 is 4.74 Å². The van der Waals surface area contributed by atoms with Gasteiger partial charge in [0.15, 0.2) is 5.78 Å². The number of ketones is 1. The fraction of sp³-hybridized carbons (Fsp3) is 0.435. The third-order valence-electron chi connectivity index (χ3n) is 5.02. The van der Waals surface area contributed by atoms with Crippen molar-refractivity contribution in [3.63, 3.8) is 0 Å². The summed E-state index contributed by atoms with van der Waals surface area (Å²) in [6.07, 6.45) is 1.85. The predicted molar refractivity (Wildman–Crippen MR) is 103 cm³/mol. The standard InChI is InChI=1S/C23H27FO2/c1-22(2,3)17-8-6-15(7-9-17)12-20(25)18-13-16-10-11-23(4,5)26-21(16)14-19(18)24/h6-9,13-14H,10-12H2,1-5H3/i24-1. The Hall–Kier alpha value is -2.16. The van der Waals surface area contributed by atoms with Crippen molar-refractivity contribution in [2.24, 2.45) is 0 Å². The van der Waals surface area contributed by atoms with Crippen LogP contribution in [-0.2, 0) is 18.3 Å². The van der Waals surface area contributed by atoms with E-state index >= 15 is 0 Å². The Bertz CT molecular complexity index is 827. The molecule has 0 radical (unpaired) electrons. The highest BCUT2D eigenvalue weighted by atomic mass is 18.2.